The number of nitrogens with zero attached hydrogens (tertiary/aromatic N) is 1. The van der Waals surface area contributed by atoms with E-state index in [1.165, 1.54) is 11.1 Å². The van der Waals surface area contributed by atoms with Gasteiger partial charge < -0.3 is 0 Å². The van der Waals surface area contributed by atoms with E-state index in [1.807, 2.05) is 26.3 Å². The molecule has 0 bridgehead atoms. The minimum Gasteiger partial charge on any atom is -0.249 e. The largest absolute Gasteiger partial charge is 0.249 e. The van der Waals surface area contributed by atoms with Gasteiger partial charge in [-0.05, 0) is 31.2 Å². The number of aryl methyl sites for hydroxylation is 2. The highest BCUT2D eigenvalue weighted by Crippen LogP contribution is 2.16. The van der Waals surface area contributed by atoms with Crippen molar-refractivity contribution in [1.29, 1.82) is 0 Å². The lowest BCUT2D eigenvalue weighted by Crippen LogP contribution is -1.85. The van der Waals surface area contributed by atoms with Gasteiger partial charge in [0.15, 0.2) is 0 Å². The fraction of sp³-hybridized carbons (Fsp3) is 0.500. The predicted octanol–water partition coefficient (Wildman–Crippen LogP) is 3.45. The molecule has 1 aromatic rings. The van der Waals surface area contributed by atoms with Crippen molar-refractivity contribution in [2.75, 3.05) is 6.26 Å². The lowest BCUT2D eigenvalue weighted by Gasteiger charge is -2.00. The number of rotatable bonds is 1. The number of pyridine rings is 1. The van der Waals surface area contributed by atoms with Crippen LogP contribution in [-0.2, 0) is 0 Å². The molecule has 0 fully saturated rings. The van der Waals surface area contributed by atoms with Gasteiger partial charge in [-0.25, -0.2) is 4.98 Å². The van der Waals surface area contributed by atoms with E-state index in [0.717, 1.165) is 5.03 Å². The molecule has 0 saturated heterocycles. The number of hydrogen-bond acceptors (Lipinski definition) is 2. The van der Waals surface area contributed by atoms with Gasteiger partial charge in [0.05, 0.1) is 5.03 Å². The van der Waals surface area contributed by atoms with Gasteiger partial charge in [-0.2, -0.15) is 0 Å². The van der Waals surface area contributed by atoms with Crippen molar-refractivity contribution in [3.05, 3.63) is 23.4 Å². The second-order valence-corrected chi connectivity index (χ2v) is 3.13. The van der Waals surface area contributed by atoms with Gasteiger partial charge in [0.1, 0.15) is 0 Å². The van der Waals surface area contributed by atoms with Crippen molar-refractivity contribution >= 4 is 11.8 Å². The summed E-state index contributed by atoms with van der Waals surface area (Å²) in [5, 5.41) is 1.13. The van der Waals surface area contributed by atoms with Crippen LogP contribution in [0.2, 0.25) is 0 Å². The van der Waals surface area contributed by atoms with Gasteiger partial charge in [0.2, 0.25) is 0 Å². The van der Waals surface area contributed by atoms with Crippen LogP contribution in [0, 0.1) is 13.8 Å². The van der Waals surface area contributed by atoms with Crippen molar-refractivity contribution in [2.24, 2.45) is 0 Å². The van der Waals surface area contributed by atoms with Crippen LogP contribution in [0.4, 0.5) is 0 Å². The average Bonchev–Trinajstić information content (AvgIpc) is 2.08. The summed E-state index contributed by atoms with van der Waals surface area (Å²) in [6.07, 6.45) is 3.95. The molecular formula is C10H17NS. The molecule has 0 radical (unpaired) electrons. The number of hydrogen-bond donors (Lipinski definition) is 0. The molecule has 12 heavy (non-hydrogen) atoms. The molecule has 0 aliphatic heterocycles. The lowest BCUT2D eigenvalue weighted by atomic mass is 10.2. The van der Waals surface area contributed by atoms with E-state index < -0.39 is 0 Å². The maximum Gasteiger partial charge on any atom is 0.0986 e. The van der Waals surface area contributed by atoms with E-state index in [4.69, 9.17) is 0 Å². The quantitative estimate of drug-likeness (QED) is 0.618. The monoisotopic (exact) mass is 183 g/mol. The Morgan fingerprint density at radius 2 is 1.83 bits per heavy atom. The van der Waals surface area contributed by atoms with Crippen LogP contribution in [0.5, 0.6) is 0 Å². The lowest BCUT2D eigenvalue weighted by molar-refractivity contribution is 1.06. The summed E-state index contributed by atoms with van der Waals surface area (Å²) >= 11 is 1.69. The Morgan fingerprint density at radius 3 is 2.25 bits per heavy atom. The van der Waals surface area contributed by atoms with E-state index in [1.54, 1.807) is 11.8 Å². The van der Waals surface area contributed by atoms with E-state index in [0.29, 0.717) is 0 Å². The molecule has 68 valence electrons. The first-order valence-electron chi connectivity index (χ1n) is 4.21. The van der Waals surface area contributed by atoms with Gasteiger partial charge >= 0.3 is 0 Å². The van der Waals surface area contributed by atoms with Crippen molar-refractivity contribution in [2.45, 2.75) is 32.7 Å². The SMILES string of the molecule is CC.CSc1ncc(C)cc1C. The first-order chi connectivity index (χ1) is 5.74. The Morgan fingerprint density at radius 1 is 1.25 bits per heavy atom. The van der Waals surface area contributed by atoms with Crippen LogP contribution in [0.3, 0.4) is 0 Å². The van der Waals surface area contributed by atoms with E-state index >= 15 is 0 Å². The minimum absolute atomic E-state index is 1.13. The molecule has 0 aliphatic carbocycles. The molecule has 0 aromatic carbocycles. The van der Waals surface area contributed by atoms with Crippen molar-refractivity contribution < 1.29 is 0 Å². The molecule has 1 rings (SSSR count). The number of aromatic nitrogens is 1. The third-order valence-electron chi connectivity index (χ3n) is 1.36. The zero-order valence-corrected chi connectivity index (χ0v) is 9.33. The van der Waals surface area contributed by atoms with E-state index in [-0.39, 0.29) is 0 Å². The summed E-state index contributed by atoms with van der Waals surface area (Å²) in [7, 11) is 0. The summed E-state index contributed by atoms with van der Waals surface area (Å²) in [6.45, 7) is 8.15. The first kappa shape index (κ1) is 11.5. The van der Waals surface area contributed by atoms with Crippen molar-refractivity contribution in [1.82, 2.24) is 4.98 Å². The van der Waals surface area contributed by atoms with Crippen molar-refractivity contribution in [3.63, 3.8) is 0 Å². The molecule has 0 N–H and O–H groups in total. The molecule has 1 heterocycles. The van der Waals surface area contributed by atoms with E-state index in [9.17, 15) is 0 Å². The third kappa shape index (κ3) is 3.26. The molecule has 0 saturated carbocycles. The van der Waals surface area contributed by atoms with Crippen LogP contribution >= 0.6 is 11.8 Å². The van der Waals surface area contributed by atoms with E-state index in [2.05, 4.69) is 24.9 Å². The highest BCUT2D eigenvalue weighted by molar-refractivity contribution is 7.98. The molecule has 0 aliphatic rings. The Balaban J connectivity index is 0.000000561. The maximum absolute atomic E-state index is 4.26. The van der Waals surface area contributed by atoms with Crippen LogP contribution in [0.25, 0.3) is 0 Å². The van der Waals surface area contributed by atoms with Gasteiger partial charge in [0, 0.05) is 6.20 Å². The summed E-state index contributed by atoms with van der Waals surface area (Å²) in [5.74, 6) is 0. The zero-order valence-electron chi connectivity index (χ0n) is 8.51. The molecule has 1 nitrogen and oxygen atoms in total. The molecule has 1 aromatic heterocycles. The van der Waals surface area contributed by atoms with Crippen molar-refractivity contribution in [3.8, 4) is 0 Å². The third-order valence-corrected chi connectivity index (χ3v) is 2.17. The predicted molar refractivity (Wildman–Crippen MR) is 56.8 cm³/mol. The summed E-state index contributed by atoms with van der Waals surface area (Å²) in [4.78, 5) is 4.26. The second-order valence-electron chi connectivity index (χ2n) is 2.34. The van der Waals surface area contributed by atoms with Crippen LogP contribution in [0.1, 0.15) is 25.0 Å². The van der Waals surface area contributed by atoms with Gasteiger partial charge in [-0.1, -0.05) is 19.9 Å². The van der Waals surface area contributed by atoms with Crippen LogP contribution in [0.15, 0.2) is 17.3 Å². The zero-order chi connectivity index (χ0) is 9.56. The average molecular weight is 183 g/mol. The molecule has 2 heteroatoms. The molecular weight excluding hydrogens is 166 g/mol. The Labute approximate surface area is 79.6 Å². The number of thioether (sulfide) groups is 1. The fourth-order valence-corrected chi connectivity index (χ4v) is 1.46. The fourth-order valence-electron chi connectivity index (χ4n) is 0.916. The summed E-state index contributed by atoms with van der Waals surface area (Å²) in [6, 6.07) is 2.15. The summed E-state index contributed by atoms with van der Waals surface area (Å²) < 4.78 is 0. The van der Waals surface area contributed by atoms with Crippen LogP contribution < -0.4 is 0 Å². The molecule has 0 unspecified atom stereocenters. The van der Waals surface area contributed by atoms with Gasteiger partial charge in [-0.3, -0.25) is 0 Å². The normalized spacial score (nSPS) is 8.75. The standard InChI is InChI=1S/C8H11NS.C2H6/c1-6-4-7(2)8(10-3)9-5-6;1-2/h4-5H,1-3H3;1-2H3. The Bertz CT molecular complexity index is 233. The highest BCUT2D eigenvalue weighted by Gasteiger charge is 1.95. The first-order valence-corrected chi connectivity index (χ1v) is 5.43. The smallest absolute Gasteiger partial charge is 0.0986 e. The second kappa shape index (κ2) is 6.06. The van der Waals surface area contributed by atoms with Gasteiger partial charge in [0.25, 0.3) is 0 Å². The van der Waals surface area contributed by atoms with Gasteiger partial charge in [-0.15, -0.1) is 11.8 Å². The van der Waals surface area contributed by atoms with Crippen LogP contribution in [-0.4, -0.2) is 11.2 Å². The Kier molecular flexibility index (Phi) is 5.81. The molecule has 0 atom stereocenters. The maximum atomic E-state index is 4.26. The Hall–Kier alpha value is -0.500. The summed E-state index contributed by atoms with van der Waals surface area (Å²) in [5.41, 5.74) is 2.50. The molecule has 0 spiro atoms. The molecule has 0 amide bonds. The minimum atomic E-state index is 1.13. The highest BCUT2D eigenvalue weighted by atomic mass is 32.2. The topological polar surface area (TPSA) is 12.9 Å².